The first kappa shape index (κ1) is 12.4. The molecule has 1 aromatic rings. The van der Waals surface area contributed by atoms with Crippen LogP contribution in [0.15, 0.2) is 22.7 Å². The Bertz CT molecular complexity index is 570. The van der Waals surface area contributed by atoms with E-state index in [9.17, 15) is 13.2 Å². The van der Waals surface area contributed by atoms with Gasteiger partial charge in [0.05, 0.1) is 17.0 Å². The van der Waals surface area contributed by atoms with Crippen molar-refractivity contribution in [3.8, 4) is 0 Å². The molecule has 1 fully saturated rings. The molecule has 0 aliphatic carbocycles. The lowest BCUT2D eigenvalue weighted by molar-refractivity contribution is 0.0697. The van der Waals surface area contributed by atoms with Crippen molar-refractivity contribution >= 4 is 37.6 Å². The summed E-state index contributed by atoms with van der Waals surface area (Å²) in [6, 6.07) is 4.42. The summed E-state index contributed by atoms with van der Waals surface area (Å²) in [4.78, 5) is 10.9. The first-order valence-corrected chi connectivity index (χ1v) is 7.35. The number of aromatic carboxylic acids is 1. The van der Waals surface area contributed by atoms with Gasteiger partial charge in [0.2, 0.25) is 10.0 Å². The van der Waals surface area contributed by atoms with Crippen molar-refractivity contribution in [2.45, 2.75) is 6.42 Å². The molecule has 0 spiro atoms. The third-order valence-electron chi connectivity index (χ3n) is 2.52. The first-order chi connectivity index (χ1) is 7.90. The molecule has 92 valence electrons. The lowest BCUT2D eigenvalue weighted by Gasteiger charge is -2.17. The number of carbonyl (C=O) groups is 1. The average molecular weight is 320 g/mol. The van der Waals surface area contributed by atoms with E-state index in [1.165, 1.54) is 16.4 Å². The Labute approximate surface area is 107 Å². The van der Waals surface area contributed by atoms with Gasteiger partial charge in [-0.1, -0.05) is 15.9 Å². The third-order valence-corrected chi connectivity index (χ3v) is 4.84. The summed E-state index contributed by atoms with van der Waals surface area (Å²) in [6.07, 6.45) is 0.567. The molecule has 1 N–H and O–H groups in total. The lowest BCUT2D eigenvalue weighted by atomic mass is 10.2. The average Bonchev–Trinajstić information content (AvgIpc) is 2.57. The maximum atomic E-state index is 11.7. The minimum atomic E-state index is -3.28. The predicted octanol–water partition coefficient (Wildman–Crippen LogP) is 1.69. The van der Waals surface area contributed by atoms with Crippen LogP contribution in [0.25, 0.3) is 0 Å². The van der Waals surface area contributed by atoms with Gasteiger partial charge in [0, 0.05) is 11.0 Å². The van der Waals surface area contributed by atoms with Crippen LogP contribution < -0.4 is 4.31 Å². The number of carboxylic acid groups (broad SMARTS) is 1. The van der Waals surface area contributed by atoms with Crippen molar-refractivity contribution in [1.82, 2.24) is 0 Å². The number of benzene rings is 1. The summed E-state index contributed by atoms with van der Waals surface area (Å²) in [5.41, 5.74) is 0.464. The van der Waals surface area contributed by atoms with Gasteiger partial charge in [0.25, 0.3) is 0 Å². The van der Waals surface area contributed by atoms with E-state index in [0.29, 0.717) is 23.1 Å². The first-order valence-electron chi connectivity index (χ1n) is 4.94. The van der Waals surface area contributed by atoms with E-state index in [-0.39, 0.29) is 11.3 Å². The molecule has 0 bridgehead atoms. The maximum Gasteiger partial charge on any atom is 0.335 e. The van der Waals surface area contributed by atoms with Gasteiger partial charge in [0.1, 0.15) is 0 Å². The van der Waals surface area contributed by atoms with Crippen molar-refractivity contribution in [2.75, 3.05) is 16.6 Å². The van der Waals surface area contributed by atoms with Gasteiger partial charge in [0.15, 0.2) is 0 Å². The van der Waals surface area contributed by atoms with Gasteiger partial charge in [-0.3, -0.25) is 4.31 Å². The van der Waals surface area contributed by atoms with Gasteiger partial charge in [-0.05, 0) is 24.6 Å². The molecule has 0 radical (unpaired) electrons. The van der Waals surface area contributed by atoms with E-state index in [1.54, 1.807) is 6.07 Å². The molecule has 1 heterocycles. The topological polar surface area (TPSA) is 74.7 Å². The fourth-order valence-corrected chi connectivity index (χ4v) is 3.80. The SMILES string of the molecule is O=C(O)c1cc(Br)cc(N2CCCS2(=O)=O)c1. The van der Waals surface area contributed by atoms with Crippen LogP contribution in [-0.2, 0) is 10.0 Å². The van der Waals surface area contributed by atoms with Crippen LogP contribution in [0.1, 0.15) is 16.8 Å². The van der Waals surface area contributed by atoms with Gasteiger partial charge in [-0.15, -0.1) is 0 Å². The molecule has 1 aromatic carbocycles. The highest BCUT2D eigenvalue weighted by Gasteiger charge is 2.29. The molecule has 7 heteroatoms. The predicted molar refractivity (Wildman–Crippen MR) is 66.9 cm³/mol. The lowest BCUT2D eigenvalue weighted by Crippen LogP contribution is -2.25. The van der Waals surface area contributed by atoms with Crippen LogP contribution in [0.5, 0.6) is 0 Å². The molecular formula is C10H10BrNO4S. The molecule has 0 unspecified atom stereocenters. The standard InChI is InChI=1S/C10H10BrNO4S/c11-8-4-7(10(13)14)5-9(6-8)12-2-1-3-17(12,15)16/h4-6H,1-3H2,(H,13,14). The van der Waals surface area contributed by atoms with Crippen LogP contribution in [-0.4, -0.2) is 31.8 Å². The van der Waals surface area contributed by atoms with Gasteiger partial charge >= 0.3 is 5.97 Å². The minimum Gasteiger partial charge on any atom is -0.478 e. The van der Waals surface area contributed by atoms with Crippen LogP contribution in [0, 0.1) is 0 Å². The summed E-state index contributed by atoms with van der Waals surface area (Å²) in [5.74, 6) is -0.966. The van der Waals surface area contributed by atoms with Crippen molar-refractivity contribution < 1.29 is 18.3 Å². The highest BCUT2D eigenvalue weighted by Crippen LogP contribution is 2.28. The molecular weight excluding hydrogens is 310 g/mol. The summed E-state index contributed by atoms with van der Waals surface area (Å²) in [5, 5.41) is 8.92. The van der Waals surface area contributed by atoms with Crippen LogP contribution >= 0.6 is 15.9 Å². The zero-order valence-corrected chi connectivity index (χ0v) is 11.2. The smallest absolute Gasteiger partial charge is 0.335 e. The molecule has 0 aromatic heterocycles. The molecule has 0 amide bonds. The van der Waals surface area contributed by atoms with Crippen molar-refractivity contribution in [2.24, 2.45) is 0 Å². The van der Waals surface area contributed by atoms with E-state index >= 15 is 0 Å². The quantitative estimate of drug-likeness (QED) is 0.900. The number of halogens is 1. The molecule has 0 saturated carbocycles. The maximum absolute atomic E-state index is 11.7. The summed E-state index contributed by atoms with van der Waals surface area (Å²) < 4.78 is 25.2. The largest absolute Gasteiger partial charge is 0.478 e. The molecule has 1 aliphatic heterocycles. The van der Waals surface area contributed by atoms with Crippen molar-refractivity contribution in [3.63, 3.8) is 0 Å². The second kappa shape index (κ2) is 4.30. The normalized spacial score (nSPS) is 18.3. The second-order valence-corrected chi connectivity index (χ2v) is 6.67. The third kappa shape index (κ3) is 2.44. The van der Waals surface area contributed by atoms with Gasteiger partial charge < -0.3 is 5.11 Å². The fraction of sp³-hybridized carbons (Fsp3) is 0.300. The van der Waals surface area contributed by atoms with E-state index < -0.39 is 16.0 Å². The zero-order chi connectivity index (χ0) is 12.6. The number of anilines is 1. The number of carboxylic acids is 1. The summed E-state index contributed by atoms with van der Waals surface area (Å²) >= 11 is 3.18. The van der Waals surface area contributed by atoms with Crippen molar-refractivity contribution in [1.29, 1.82) is 0 Å². The Balaban J connectivity index is 2.49. The Morgan fingerprint density at radius 1 is 1.35 bits per heavy atom. The molecule has 1 aliphatic rings. The second-order valence-electron chi connectivity index (χ2n) is 3.74. The van der Waals surface area contributed by atoms with Crippen LogP contribution in [0.4, 0.5) is 5.69 Å². The highest BCUT2D eigenvalue weighted by atomic mass is 79.9. The summed E-state index contributed by atoms with van der Waals surface area (Å²) in [7, 11) is -3.28. The van der Waals surface area contributed by atoms with E-state index in [4.69, 9.17) is 5.11 Å². The molecule has 0 atom stereocenters. The Morgan fingerprint density at radius 3 is 2.59 bits per heavy atom. The van der Waals surface area contributed by atoms with Crippen LogP contribution in [0.2, 0.25) is 0 Å². The Kier molecular flexibility index (Phi) is 3.13. The number of nitrogens with zero attached hydrogens (tertiary/aromatic N) is 1. The molecule has 5 nitrogen and oxygen atoms in total. The Morgan fingerprint density at radius 2 is 2.06 bits per heavy atom. The molecule has 2 rings (SSSR count). The minimum absolute atomic E-state index is 0.0662. The van der Waals surface area contributed by atoms with E-state index in [1.807, 2.05) is 0 Å². The van der Waals surface area contributed by atoms with Gasteiger partial charge in [-0.2, -0.15) is 0 Å². The van der Waals surface area contributed by atoms with Crippen LogP contribution in [0.3, 0.4) is 0 Å². The van der Waals surface area contributed by atoms with E-state index in [2.05, 4.69) is 15.9 Å². The molecule has 1 saturated heterocycles. The number of rotatable bonds is 2. The number of hydrogen-bond acceptors (Lipinski definition) is 3. The molecule has 17 heavy (non-hydrogen) atoms. The van der Waals surface area contributed by atoms with E-state index in [0.717, 1.165) is 0 Å². The fourth-order valence-electron chi connectivity index (χ4n) is 1.77. The highest BCUT2D eigenvalue weighted by molar-refractivity contribution is 9.10. The zero-order valence-electron chi connectivity index (χ0n) is 8.76. The van der Waals surface area contributed by atoms with Crippen molar-refractivity contribution in [3.05, 3.63) is 28.2 Å². The van der Waals surface area contributed by atoms with Gasteiger partial charge in [-0.25, -0.2) is 13.2 Å². The number of sulfonamides is 1. The summed E-state index contributed by atoms with van der Waals surface area (Å²) in [6.45, 7) is 0.401. The monoisotopic (exact) mass is 319 g/mol. The number of hydrogen-bond donors (Lipinski definition) is 1. The Hall–Kier alpha value is -1.08.